The molecule has 0 bridgehead atoms. The lowest BCUT2D eigenvalue weighted by Crippen LogP contribution is -2.26. The van der Waals surface area contributed by atoms with Gasteiger partial charge in [0.2, 0.25) is 0 Å². The zero-order chi connectivity index (χ0) is 14.5. The van der Waals surface area contributed by atoms with Crippen LogP contribution in [0.5, 0.6) is 0 Å². The molecule has 0 amide bonds. The Morgan fingerprint density at radius 2 is 2.00 bits per heavy atom. The normalized spacial score (nSPS) is 12.8. The van der Waals surface area contributed by atoms with E-state index in [0.29, 0.717) is 12.5 Å². The average Bonchev–Trinajstić information content (AvgIpc) is 2.87. The zero-order valence-electron chi connectivity index (χ0n) is 12.0. The zero-order valence-corrected chi connectivity index (χ0v) is 12.8. The maximum Gasteiger partial charge on any atom is 0.168 e. The smallest absolute Gasteiger partial charge is 0.168 e. The molecule has 2 aromatic rings. The second-order valence-corrected chi connectivity index (χ2v) is 5.72. The first-order valence-corrected chi connectivity index (χ1v) is 7.18. The van der Waals surface area contributed by atoms with Crippen LogP contribution in [0.25, 0.3) is 0 Å². The van der Waals surface area contributed by atoms with Crippen molar-refractivity contribution in [3.8, 4) is 0 Å². The van der Waals surface area contributed by atoms with Crippen molar-refractivity contribution in [2.24, 2.45) is 5.92 Å². The van der Waals surface area contributed by atoms with Gasteiger partial charge in [-0.1, -0.05) is 43.6 Å². The van der Waals surface area contributed by atoms with Crippen LogP contribution in [0, 0.1) is 5.92 Å². The summed E-state index contributed by atoms with van der Waals surface area (Å²) in [6.45, 7) is 7.92. The van der Waals surface area contributed by atoms with Crippen LogP contribution in [0.4, 0.5) is 0 Å². The van der Waals surface area contributed by atoms with Crippen LogP contribution >= 0.6 is 11.6 Å². The molecule has 5 nitrogen and oxygen atoms in total. The van der Waals surface area contributed by atoms with E-state index in [1.807, 2.05) is 24.3 Å². The van der Waals surface area contributed by atoms with E-state index in [-0.39, 0.29) is 6.04 Å². The summed E-state index contributed by atoms with van der Waals surface area (Å²) in [6.07, 6.45) is 0. The molecule has 1 atom stereocenters. The Labute approximate surface area is 124 Å². The molecular formula is C14H20ClN5. The second kappa shape index (κ2) is 6.81. The second-order valence-electron chi connectivity index (χ2n) is 5.31. The van der Waals surface area contributed by atoms with Gasteiger partial charge in [-0.15, -0.1) is 5.10 Å². The number of hydrogen-bond acceptors (Lipinski definition) is 4. The highest BCUT2D eigenvalue weighted by atomic mass is 35.5. The molecule has 0 aliphatic heterocycles. The van der Waals surface area contributed by atoms with Crippen molar-refractivity contribution < 1.29 is 0 Å². The lowest BCUT2D eigenvalue weighted by Gasteiger charge is -2.15. The van der Waals surface area contributed by atoms with Gasteiger partial charge >= 0.3 is 0 Å². The molecule has 0 saturated heterocycles. The molecule has 1 unspecified atom stereocenters. The summed E-state index contributed by atoms with van der Waals surface area (Å²) in [5.74, 6) is 1.41. The summed E-state index contributed by atoms with van der Waals surface area (Å²) in [6, 6.07) is 7.85. The molecule has 1 N–H and O–H groups in total. The summed E-state index contributed by atoms with van der Waals surface area (Å²) < 4.78 is 1.79. The first-order valence-electron chi connectivity index (χ1n) is 6.80. The van der Waals surface area contributed by atoms with Crippen LogP contribution in [0.3, 0.4) is 0 Å². The Morgan fingerprint density at radius 3 is 2.70 bits per heavy atom. The molecule has 6 heteroatoms. The lowest BCUT2D eigenvalue weighted by molar-refractivity contribution is 0.461. The van der Waals surface area contributed by atoms with Gasteiger partial charge < -0.3 is 5.32 Å². The van der Waals surface area contributed by atoms with E-state index >= 15 is 0 Å². The summed E-state index contributed by atoms with van der Waals surface area (Å²) in [5.41, 5.74) is 1.01. The molecule has 20 heavy (non-hydrogen) atoms. The molecule has 1 aromatic carbocycles. The van der Waals surface area contributed by atoms with Gasteiger partial charge in [0.15, 0.2) is 5.82 Å². The molecule has 2 rings (SSSR count). The Bertz CT molecular complexity index is 552. The van der Waals surface area contributed by atoms with Gasteiger partial charge in [-0.25, -0.2) is 4.68 Å². The SMILES string of the molecule is CC(C)CNC(C)c1nnnn1Cc1ccccc1Cl. The van der Waals surface area contributed by atoms with Gasteiger partial charge in [0.1, 0.15) is 0 Å². The molecule has 108 valence electrons. The van der Waals surface area contributed by atoms with Crippen molar-refractivity contribution in [1.82, 2.24) is 25.5 Å². The third-order valence-corrected chi connectivity index (χ3v) is 3.43. The quantitative estimate of drug-likeness (QED) is 0.890. The van der Waals surface area contributed by atoms with Crippen molar-refractivity contribution in [1.29, 1.82) is 0 Å². The van der Waals surface area contributed by atoms with Crippen LogP contribution < -0.4 is 5.32 Å². The van der Waals surface area contributed by atoms with E-state index in [1.54, 1.807) is 4.68 Å². The summed E-state index contributed by atoms with van der Waals surface area (Å²) >= 11 is 6.18. The standard InChI is InChI=1S/C14H20ClN5/c1-10(2)8-16-11(3)14-17-18-19-20(14)9-12-6-4-5-7-13(12)15/h4-7,10-11,16H,8-9H2,1-3H3. The van der Waals surface area contributed by atoms with Crippen molar-refractivity contribution in [2.45, 2.75) is 33.4 Å². The molecule has 0 aliphatic carbocycles. The Kier molecular flexibility index (Phi) is 5.09. The minimum Gasteiger partial charge on any atom is -0.307 e. The third-order valence-electron chi connectivity index (χ3n) is 3.06. The average molecular weight is 294 g/mol. The predicted molar refractivity (Wildman–Crippen MR) is 79.6 cm³/mol. The third kappa shape index (κ3) is 3.77. The van der Waals surface area contributed by atoms with Crippen LogP contribution in [0.2, 0.25) is 5.02 Å². The number of hydrogen-bond donors (Lipinski definition) is 1. The maximum atomic E-state index is 6.18. The number of benzene rings is 1. The minimum absolute atomic E-state index is 0.106. The number of rotatable bonds is 6. The van der Waals surface area contributed by atoms with E-state index in [0.717, 1.165) is 23.0 Å². The van der Waals surface area contributed by atoms with Crippen molar-refractivity contribution in [3.63, 3.8) is 0 Å². The Hall–Kier alpha value is -1.46. The van der Waals surface area contributed by atoms with E-state index in [2.05, 4.69) is 41.6 Å². The molecule has 0 spiro atoms. The molecule has 0 saturated carbocycles. The van der Waals surface area contributed by atoms with E-state index in [4.69, 9.17) is 11.6 Å². The van der Waals surface area contributed by atoms with Gasteiger partial charge in [-0.3, -0.25) is 0 Å². The van der Waals surface area contributed by atoms with Crippen molar-refractivity contribution >= 4 is 11.6 Å². The molecule has 1 aromatic heterocycles. The van der Waals surface area contributed by atoms with Crippen molar-refractivity contribution in [3.05, 3.63) is 40.7 Å². The van der Waals surface area contributed by atoms with E-state index in [1.165, 1.54) is 0 Å². The number of nitrogens with one attached hydrogen (secondary N) is 1. The lowest BCUT2D eigenvalue weighted by atomic mass is 10.2. The van der Waals surface area contributed by atoms with Crippen LogP contribution in [-0.2, 0) is 6.54 Å². The Morgan fingerprint density at radius 1 is 1.25 bits per heavy atom. The molecule has 0 radical (unpaired) electrons. The summed E-state index contributed by atoms with van der Waals surface area (Å²) in [5, 5.41) is 16.1. The largest absolute Gasteiger partial charge is 0.307 e. The van der Waals surface area contributed by atoms with Crippen LogP contribution in [0.15, 0.2) is 24.3 Å². The van der Waals surface area contributed by atoms with Crippen LogP contribution in [-0.4, -0.2) is 26.8 Å². The molecule has 0 aliphatic rings. The van der Waals surface area contributed by atoms with Gasteiger partial charge in [0, 0.05) is 5.02 Å². The minimum atomic E-state index is 0.106. The fourth-order valence-electron chi connectivity index (χ4n) is 1.93. The highest BCUT2D eigenvalue weighted by Gasteiger charge is 2.15. The molecule has 0 fully saturated rings. The highest BCUT2D eigenvalue weighted by Crippen LogP contribution is 2.17. The summed E-state index contributed by atoms with van der Waals surface area (Å²) in [7, 11) is 0. The highest BCUT2D eigenvalue weighted by molar-refractivity contribution is 6.31. The van der Waals surface area contributed by atoms with Gasteiger partial charge in [-0.2, -0.15) is 0 Å². The van der Waals surface area contributed by atoms with Crippen molar-refractivity contribution in [2.75, 3.05) is 6.54 Å². The number of halogens is 1. The predicted octanol–water partition coefficient (Wildman–Crippen LogP) is 2.68. The van der Waals surface area contributed by atoms with E-state index < -0.39 is 0 Å². The topological polar surface area (TPSA) is 55.6 Å². The van der Waals surface area contributed by atoms with Gasteiger partial charge in [0.25, 0.3) is 0 Å². The fourth-order valence-corrected chi connectivity index (χ4v) is 2.12. The molecule has 1 heterocycles. The maximum absolute atomic E-state index is 6.18. The number of aromatic nitrogens is 4. The number of nitrogens with zero attached hydrogens (tertiary/aromatic N) is 4. The molecular weight excluding hydrogens is 274 g/mol. The summed E-state index contributed by atoms with van der Waals surface area (Å²) in [4.78, 5) is 0. The number of tetrazole rings is 1. The van der Waals surface area contributed by atoms with Crippen LogP contribution in [0.1, 0.15) is 38.2 Å². The van der Waals surface area contributed by atoms with E-state index in [9.17, 15) is 0 Å². The van der Waals surface area contributed by atoms with Gasteiger partial charge in [0.05, 0.1) is 12.6 Å². The first kappa shape index (κ1) is 14.9. The Balaban J connectivity index is 2.10. The fraction of sp³-hybridized carbons (Fsp3) is 0.500. The first-order chi connectivity index (χ1) is 9.58. The monoisotopic (exact) mass is 293 g/mol. The van der Waals surface area contributed by atoms with Gasteiger partial charge in [-0.05, 0) is 41.4 Å².